The summed E-state index contributed by atoms with van der Waals surface area (Å²) >= 11 is 15.2. The summed E-state index contributed by atoms with van der Waals surface area (Å²) in [6.07, 6.45) is 0. The van der Waals surface area contributed by atoms with Gasteiger partial charge < -0.3 is 10.6 Å². The lowest BCUT2D eigenvalue weighted by Gasteiger charge is -2.36. The number of nitrogens with two attached hydrogens (primary N) is 1. The van der Waals surface area contributed by atoms with Gasteiger partial charge in [-0.05, 0) is 28.1 Å². The maximum absolute atomic E-state index is 11.4. The third kappa shape index (κ3) is 1.76. The molecule has 1 unspecified atom stereocenters. The summed E-state index contributed by atoms with van der Waals surface area (Å²) in [5.41, 5.74) is 6.10. The number of benzene rings is 1. The first kappa shape index (κ1) is 11.2. The molecule has 1 saturated heterocycles. The van der Waals surface area contributed by atoms with E-state index in [-0.39, 0.29) is 5.91 Å². The van der Waals surface area contributed by atoms with Crippen LogP contribution in [0.3, 0.4) is 0 Å². The van der Waals surface area contributed by atoms with Gasteiger partial charge in [0.2, 0.25) is 5.91 Å². The van der Waals surface area contributed by atoms with E-state index >= 15 is 0 Å². The van der Waals surface area contributed by atoms with Crippen LogP contribution in [0.2, 0.25) is 10.0 Å². The topological polar surface area (TPSA) is 46.3 Å². The van der Waals surface area contributed by atoms with Gasteiger partial charge >= 0.3 is 0 Å². The van der Waals surface area contributed by atoms with Gasteiger partial charge in [0.25, 0.3) is 0 Å². The molecule has 0 aliphatic carbocycles. The molecule has 1 amide bonds. The highest BCUT2D eigenvalue weighted by molar-refractivity contribution is 9.10. The second-order valence-corrected chi connectivity index (χ2v) is 4.86. The molecule has 0 aromatic heterocycles. The molecule has 2 rings (SSSR count). The maximum Gasteiger partial charge on any atom is 0.245 e. The van der Waals surface area contributed by atoms with Gasteiger partial charge in [-0.15, -0.1) is 0 Å². The fourth-order valence-corrected chi connectivity index (χ4v) is 2.26. The van der Waals surface area contributed by atoms with Crippen molar-refractivity contribution in [1.29, 1.82) is 0 Å². The van der Waals surface area contributed by atoms with Crippen LogP contribution in [0, 0.1) is 0 Å². The first-order chi connectivity index (χ1) is 7.02. The second kappa shape index (κ2) is 3.94. The molecule has 15 heavy (non-hydrogen) atoms. The number of halogens is 3. The number of amides is 1. The van der Waals surface area contributed by atoms with Crippen molar-refractivity contribution in [3.05, 3.63) is 26.7 Å². The average Bonchev–Trinajstić information content (AvgIpc) is 2.23. The van der Waals surface area contributed by atoms with Gasteiger partial charge in [-0.2, -0.15) is 0 Å². The first-order valence-corrected chi connectivity index (χ1v) is 5.77. The Balaban J connectivity index is 2.38. The minimum Gasteiger partial charge on any atom is -0.318 e. The predicted molar refractivity (Wildman–Crippen MR) is 64.5 cm³/mol. The Bertz CT molecular complexity index is 438. The summed E-state index contributed by atoms with van der Waals surface area (Å²) in [6, 6.07) is 3.08. The zero-order valence-electron chi connectivity index (χ0n) is 7.51. The maximum atomic E-state index is 11.4. The number of rotatable bonds is 1. The van der Waals surface area contributed by atoms with E-state index in [1.165, 1.54) is 4.90 Å². The van der Waals surface area contributed by atoms with Crippen molar-refractivity contribution in [3.63, 3.8) is 0 Å². The Labute approximate surface area is 105 Å². The summed E-state index contributed by atoms with van der Waals surface area (Å²) < 4.78 is 0.704. The molecule has 1 aromatic carbocycles. The standard InChI is InChI=1S/C9H7BrCl2N2O/c10-4-1-2-6(8(12)7(4)11)14-3-5(13)9(14)15/h1-2,5H,3,13H2. The molecular formula is C9H7BrCl2N2O. The summed E-state index contributed by atoms with van der Waals surface area (Å²) in [5, 5.41) is 0.772. The van der Waals surface area contributed by atoms with Crippen LogP contribution in [0.25, 0.3) is 0 Å². The van der Waals surface area contributed by atoms with Gasteiger partial charge in [0, 0.05) is 4.47 Å². The molecule has 0 spiro atoms. The number of anilines is 1. The van der Waals surface area contributed by atoms with E-state index < -0.39 is 6.04 Å². The zero-order valence-corrected chi connectivity index (χ0v) is 10.6. The van der Waals surface area contributed by atoms with Gasteiger partial charge in [0.05, 0.1) is 22.3 Å². The molecule has 80 valence electrons. The number of hydrogen-bond acceptors (Lipinski definition) is 2. The molecule has 1 heterocycles. The van der Waals surface area contributed by atoms with Crippen LogP contribution in [0.15, 0.2) is 16.6 Å². The second-order valence-electron chi connectivity index (χ2n) is 3.25. The Morgan fingerprint density at radius 3 is 2.60 bits per heavy atom. The quantitative estimate of drug-likeness (QED) is 0.640. The Kier molecular flexibility index (Phi) is 2.94. The highest BCUT2D eigenvalue weighted by Gasteiger charge is 2.36. The monoisotopic (exact) mass is 308 g/mol. The summed E-state index contributed by atoms with van der Waals surface area (Å²) in [7, 11) is 0. The fourth-order valence-electron chi connectivity index (χ4n) is 1.39. The van der Waals surface area contributed by atoms with E-state index in [1.54, 1.807) is 12.1 Å². The first-order valence-electron chi connectivity index (χ1n) is 4.23. The van der Waals surface area contributed by atoms with Crippen LogP contribution in [-0.2, 0) is 4.79 Å². The molecule has 1 aromatic rings. The predicted octanol–water partition coefficient (Wildman–Crippen LogP) is 2.43. The van der Waals surface area contributed by atoms with Crippen molar-refractivity contribution in [3.8, 4) is 0 Å². The average molecular weight is 310 g/mol. The lowest BCUT2D eigenvalue weighted by Crippen LogP contribution is -2.61. The van der Waals surface area contributed by atoms with Crippen molar-refractivity contribution in [2.45, 2.75) is 6.04 Å². The van der Waals surface area contributed by atoms with E-state index in [4.69, 9.17) is 28.9 Å². The van der Waals surface area contributed by atoms with Crippen molar-refractivity contribution in [2.24, 2.45) is 5.73 Å². The van der Waals surface area contributed by atoms with Crippen LogP contribution >= 0.6 is 39.1 Å². The van der Waals surface area contributed by atoms with Gasteiger partial charge in [0.15, 0.2) is 0 Å². The van der Waals surface area contributed by atoms with E-state index in [0.29, 0.717) is 26.8 Å². The largest absolute Gasteiger partial charge is 0.318 e. The van der Waals surface area contributed by atoms with E-state index in [1.807, 2.05) is 0 Å². The summed E-state index contributed by atoms with van der Waals surface area (Å²) in [5.74, 6) is -0.129. The molecule has 3 nitrogen and oxygen atoms in total. The molecular weight excluding hydrogens is 303 g/mol. The lowest BCUT2D eigenvalue weighted by molar-refractivity contribution is -0.123. The van der Waals surface area contributed by atoms with Crippen LogP contribution in [0.5, 0.6) is 0 Å². The van der Waals surface area contributed by atoms with Gasteiger partial charge in [-0.25, -0.2) is 0 Å². The molecule has 0 saturated carbocycles. The zero-order chi connectivity index (χ0) is 11.2. The van der Waals surface area contributed by atoms with Crippen molar-refractivity contribution in [2.75, 3.05) is 11.4 Å². The van der Waals surface area contributed by atoms with Gasteiger partial charge in [0.1, 0.15) is 6.04 Å². The summed E-state index contributed by atoms with van der Waals surface area (Å²) in [4.78, 5) is 12.9. The highest BCUT2D eigenvalue weighted by Crippen LogP contribution is 2.39. The molecule has 2 N–H and O–H groups in total. The third-order valence-corrected chi connectivity index (χ3v) is 4.03. The van der Waals surface area contributed by atoms with Crippen molar-refractivity contribution >= 4 is 50.7 Å². The third-order valence-electron chi connectivity index (χ3n) is 2.27. The number of β-lactam (4-membered cyclic amide) rings is 1. The SMILES string of the molecule is NC1CN(c2ccc(Br)c(Cl)c2Cl)C1=O. The number of carbonyl (C=O) groups is 1. The Morgan fingerprint density at radius 1 is 1.40 bits per heavy atom. The molecule has 1 fully saturated rings. The van der Waals surface area contributed by atoms with Gasteiger partial charge in [-0.1, -0.05) is 23.2 Å². The van der Waals surface area contributed by atoms with Crippen LogP contribution in [0.4, 0.5) is 5.69 Å². The normalized spacial score (nSPS) is 20.4. The molecule has 1 aliphatic heterocycles. The van der Waals surface area contributed by atoms with E-state index in [9.17, 15) is 4.79 Å². The smallest absolute Gasteiger partial charge is 0.245 e. The van der Waals surface area contributed by atoms with Crippen LogP contribution in [-0.4, -0.2) is 18.5 Å². The van der Waals surface area contributed by atoms with Crippen molar-refractivity contribution in [1.82, 2.24) is 0 Å². The van der Waals surface area contributed by atoms with E-state index in [0.717, 1.165) is 0 Å². The minimum absolute atomic E-state index is 0.129. The van der Waals surface area contributed by atoms with E-state index in [2.05, 4.69) is 15.9 Å². The minimum atomic E-state index is -0.413. The Hall–Kier alpha value is -0.290. The van der Waals surface area contributed by atoms with Crippen LogP contribution < -0.4 is 10.6 Å². The van der Waals surface area contributed by atoms with Crippen molar-refractivity contribution < 1.29 is 4.79 Å². The molecule has 6 heteroatoms. The fraction of sp³-hybridized carbons (Fsp3) is 0.222. The van der Waals surface area contributed by atoms with Gasteiger partial charge in [-0.3, -0.25) is 4.79 Å². The van der Waals surface area contributed by atoms with Crippen LogP contribution in [0.1, 0.15) is 0 Å². The summed E-state index contributed by atoms with van der Waals surface area (Å²) in [6.45, 7) is 0.483. The number of hydrogen-bond donors (Lipinski definition) is 1. The number of carbonyl (C=O) groups excluding carboxylic acids is 1. The lowest BCUT2D eigenvalue weighted by atomic mass is 10.1. The number of nitrogens with zero attached hydrogens (tertiary/aromatic N) is 1. The molecule has 1 atom stereocenters. The molecule has 0 bridgehead atoms. The Morgan fingerprint density at radius 2 is 2.07 bits per heavy atom. The highest BCUT2D eigenvalue weighted by atomic mass is 79.9. The molecule has 1 aliphatic rings. The molecule has 0 radical (unpaired) electrons.